The summed E-state index contributed by atoms with van der Waals surface area (Å²) in [6.45, 7) is 12.5. The van der Waals surface area contributed by atoms with E-state index in [4.69, 9.17) is 0 Å². The van der Waals surface area contributed by atoms with Crippen molar-refractivity contribution >= 4 is 0 Å². The second-order valence-corrected chi connectivity index (χ2v) is 9.28. The first-order valence-corrected chi connectivity index (χ1v) is 11.4. The van der Waals surface area contributed by atoms with Gasteiger partial charge in [0.15, 0.2) is 0 Å². The van der Waals surface area contributed by atoms with E-state index < -0.39 is 0 Å². The van der Waals surface area contributed by atoms with Crippen LogP contribution in [0.2, 0.25) is 0 Å². The summed E-state index contributed by atoms with van der Waals surface area (Å²) in [5.74, 6) is 1.64. The van der Waals surface area contributed by atoms with Crippen molar-refractivity contribution < 1.29 is 10.2 Å². The number of aryl methyl sites for hydroxylation is 4. The molecule has 0 unspecified atom stereocenters. The Morgan fingerprint density at radius 2 is 0.931 bits per heavy atom. The van der Waals surface area contributed by atoms with Crippen LogP contribution in [0.25, 0.3) is 0 Å². The maximum atomic E-state index is 10.2. The SMILES string of the molecule is Cc1cc(CCCCCCCc2cc(C)c(O)c(C(C)C)c2)cc(C(C)C)c1O. The molecule has 0 aliphatic carbocycles. The van der Waals surface area contributed by atoms with Gasteiger partial charge in [-0.1, -0.05) is 71.2 Å². The van der Waals surface area contributed by atoms with Gasteiger partial charge in [-0.3, -0.25) is 0 Å². The summed E-state index contributed by atoms with van der Waals surface area (Å²) in [6, 6.07) is 8.65. The lowest BCUT2D eigenvalue weighted by molar-refractivity contribution is 0.459. The summed E-state index contributed by atoms with van der Waals surface area (Å²) in [7, 11) is 0. The molecule has 29 heavy (non-hydrogen) atoms. The summed E-state index contributed by atoms with van der Waals surface area (Å²) in [5, 5.41) is 20.4. The van der Waals surface area contributed by atoms with Gasteiger partial charge in [0.2, 0.25) is 0 Å². The highest BCUT2D eigenvalue weighted by atomic mass is 16.3. The average molecular weight is 397 g/mol. The van der Waals surface area contributed by atoms with Gasteiger partial charge in [0, 0.05) is 0 Å². The number of rotatable bonds is 10. The number of aromatic hydroxyl groups is 2. The van der Waals surface area contributed by atoms with Gasteiger partial charge in [-0.15, -0.1) is 0 Å². The van der Waals surface area contributed by atoms with Gasteiger partial charge in [0.05, 0.1) is 0 Å². The second kappa shape index (κ2) is 10.7. The van der Waals surface area contributed by atoms with E-state index in [9.17, 15) is 10.2 Å². The molecule has 0 saturated heterocycles. The third kappa shape index (κ3) is 6.52. The molecule has 2 heteroatoms. The number of phenolic OH excluding ortho intramolecular Hbond substituents is 2. The van der Waals surface area contributed by atoms with Gasteiger partial charge in [0.1, 0.15) is 11.5 Å². The number of benzene rings is 2. The molecule has 2 aromatic carbocycles. The van der Waals surface area contributed by atoms with E-state index >= 15 is 0 Å². The van der Waals surface area contributed by atoms with Crippen LogP contribution in [0.15, 0.2) is 24.3 Å². The summed E-state index contributed by atoms with van der Waals surface area (Å²) < 4.78 is 0. The van der Waals surface area contributed by atoms with Crippen molar-refractivity contribution in [3.05, 3.63) is 57.6 Å². The van der Waals surface area contributed by atoms with Gasteiger partial charge in [-0.25, -0.2) is 0 Å². The van der Waals surface area contributed by atoms with Crippen LogP contribution in [-0.2, 0) is 12.8 Å². The first-order valence-electron chi connectivity index (χ1n) is 11.4. The van der Waals surface area contributed by atoms with E-state index in [1.807, 2.05) is 13.8 Å². The number of unbranched alkanes of at least 4 members (excludes halogenated alkanes) is 4. The van der Waals surface area contributed by atoms with Gasteiger partial charge >= 0.3 is 0 Å². The zero-order chi connectivity index (χ0) is 21.6. The molecule has 0 fully saturated rings. The summed E-state index contributed by atoms with van der Waals surface area (Å²) in [4.78, 5) is 0. The van der Waals surface area contributed by atoms with E-state index in [1.165, 1.54) is 43.2 Å². The molecule has 0 saturated carbocycles. The van der Waals surface area contributed by atoms with Crippen molar-refractivity contribution in [2.45, 2.75) is 98.3 Å². The van der Waals surface area contributed by atoms with E-state index in [0.29, 0.717) is 23.3 Å². The van der Waals surface area contributed by atoms with Crippen LogP contribution in [0.5, 0.6) is 11.5 Å². The van der Waals surface area contributed by atoms with Gasteiger partial charge < -0.3 is 10.2 Å². The largest absolute Gasteiger partial charge is 0.507 e. The summed E-state index contributed by atoms with van der Waals surface area (Å²) in [5.41, 5.74) is 6.84. The molecule has 2 nitrogen and oxygen atoms in total. The van der Waals surface area contributed by atoms with Crippen LogP contribution < -0.4 is 0 Å². The molecule has 0 aliphatic rings. The molecule has 2 N–H and O–H groups in total. The zero-order valence-electron chi connectivity index (χ0n) is 19.3. The lowest BCUT2D eigenvalue weighted by Crippen LogP contribution is -1.96. The Kier molecular flexibility index (Phi) is 8.61. The molecule has 0 amide bonds. The molecule has 2 aromatic rings. The molecular weight excluding hydrogens is 356 g/mol. The van der Waals surface area contributed by atoms with Gasteiger partial charge in [0.25, 0.3) is 0 Å². The molecule has 0 bridgehead atoms. The molecule has 0 aromatic heterocycles. The fourth-order valence-corrected chi connectivity index (χ4v) is 4.13. The highest BCUT2D eigenvalue weighted by Crippen LogP contribution is 2.31. The minimum absolute atomic E-state index is 0.355. The molecule has 0 heterocycles. The summed E-state index contributed by atoms with van der Waals surface area (Å²) >= 11 is 0. The van der Waals surface area contributed by atoms with Crippen LogP contribution in [0, 0.1) is 13.8 Å². The first kappa shape index (κ1) is 23.3. The number of hydrogen-bond acceptors (Lipinski definition) is 2. The zero-order valence-corrected chi connectivity index (χ0v) is 19.3. The predicted molar refractivity (Wildman–Crippen MR) is 124 cm³/mol. The molecule has 2 rings (SSSR count). The molecule has 0 radical (unpaired) electrons. The van der Waals surface area contributed by atoms with Crippen molar-refractivity contribution in [1.29, 1.82) is 0 Å². The first-order chi connectivity index (χ1) is 13.7. The second-order valence-electron chi connectivity index (χ2n) is 9.28. The third-order valence-corrected chi connectivity index (χ3v) is 5.95. The fraction of sp³-hybridized carbons (Fsp3) is 0.556. The lowest BCUT2D eigenvalue weighted by atomic mass is 9.93. The molecule has 160 valence electrons. The van der Waals surface area contributed by atoms with Crippen molar-refractivity contribution in [3.63, 3.8) is 0 Å². The smallest absolute Gasteiger partial charge is 0.121 e. The minimum atomic E-state index is 0.355. The van der Waals surface area contributed by atoms with Crippen molar-refractivity contribution in [2.75, 3.05) is 0 Å². The quantitative estimate of drug-likeness (QED) is 0.404. The third-order valence-electron chi connectivity index (χ3n) is 5.95. The normalized spacial score (nSPS) is 11.6. The van der Waals surface area contributed by atoms with Crippen molar-refractivity contribution in [1.82, 2.24) is 0 Å². The Hall–Kier alpha value is -1.96. The van der Waals surface area contributed by atoms with Crippen LogP contribution in [0.1, 0.15) is 105 Å². The molecular formula is C27H40O2. The number of phenols is 2. The Morgan fingerprint density at radius 1 is 0.586 bits per heavy atom. The predicted octanol–water partition coefficient (Wildman–Crippen LogP) is 7.70. The van der Waals surface area contributed by atoms with Crippen LogP contribution in [0.3, 0.4) is 0 Å². The van der Waals surface area contributed by atoms with Crippen molar-refractivity contribution in [2.24, 2.45) is 0 Å². The topological polar surface area (TPSA) is 40.5 Å². The standard InChI is InChI=1S/C27H40O2/c1-18(2)24-16-22(14-20(5)26(24)28)12-10-8-7-9-11-13-23-15-21(6)27(29)25(17-23)19(3)4/h14-19,28-29H,7-13H2,1-6H3. The maximum Gasteiger partial charge on any atom is 0.121 e. The van der Waals surface area contributed by atoms with E-state index in [1.54, 1.807) is 0 Å². The monoisotopic (exact) mass is 396 g/mol. The molecule has 0 atom stereocenters. The van der Waals surface area contributed by atoms with Gasteiger partial charge in [-0.05, 0) is 84.7 Å². The Balaban J connectivity index is 1.75. The van der Waals surface area contributed by atoms with Crippen molar-refractivity contribution in [3.8, 4) is 11.5 Å². The van der Waals surface area contributed by atoms with E-state index in [0.717, 1.165) is 35.1 Å². The van der Waals surface area contributed by atoms with Gasteiger partial charge in [-0.2, -0.15) is 0 Å². The van der Waals surface area contributed by atoms with Crippen LogP contribution in [0.4, 0.5) is 0 Å². The van der Waals surface area contributed by atoms with Crippen LogP contribution in [-0.4, -0.2) is 10.2 Å². The minimum Gasteiger partial charge on any atom is -0.507 e. The average Bonchev–Trinajstić information content (AvgIpc) is 2.65. The Labute approximate surface area is 178 Å². The maximum absolute atomic E-state index is 10.2. The fourth-order valence-electron chi connectivity index (χ4n) is 4.13. The molecule has 0 aliphatic heterocycles. The Morgan fingerprint density at radius 3 is 1.28 bits per heavy atom. The van der Waals surface area contributed by atoms with E-state index in [-0.39, 0.29) is 0 Å². The highest BCUT2D eigenvalue weighted by molar-refractivity contribution is 5.45. The van der Waals surface area contributed by atoms with E-state index in [2.05, 4.69) is 52.0 Å². The highest BCUT2D eigenvalue weighted by Gasteiger charge is 2.11. The number of hydrogen-bond donors (Lipinski definition) is 2. The Bertz CT molecular complexity index is 735. The summed E-state index contributed by atoms with van der Waals surface area (Å²) in [6.07, 6.45) is 8.37. The molecule has 0 spiro atoms. The van der Waals surface area contributed by atoms with Crippen LogP contribution >= 0.6 is 0 Å². The lowest BCUT2D eigenvalue weighted by Gasteiger charge is -2.14.